The number of benzene rings is 2. The minimum Gasteiger partial charge on any atom is -0.356 e. The van der Waals surface area contributed by atoms with Gasteiger partial charge in [0.2, 0.25) is 5.91 Å². The Hall–Kier alpha value is -2.02. The summed E-state index contributed by atoms with van der Waals surface area (Å²) in [6.45, 7) is 4.90. The van der Waals surface area contributed by atoms with Crippen LogP contribution in [-0.2, 0) is 4.79 Å². The number of carbonyl (C=O) groups excluding carboxylic acids is 1. The number of unbranched alkanes of at least 4 members (excludes halogenated alkanes) is 1. The maximum absolute atomic E-state index is 11.9. The van der Waals surface area contributed by atoms with Crippen molar-refractivity contribution in [2.24, 2.45) is 0 Å². The Kier molecular flexibility index (Phi) is 8.81. The van der Waals surface area contributed by atoms with Gasteiger partial charge in [-0.25, -0.2) is 0 Å². The summed E-state index contributed by atoms with van der Waals surface area (Å²) >= 11 is 14.0. The van der Waals surface area contributed by atoms with Gasteiger partial charge in [-0.1, -0.05) is 78.1 Å². The highest BCUT2D eigenvalue weighted by Crippen LogP contribution is 2.31. The van der Waals surface area contributed by atoms with Crippen LogP contribution >= 0.6 is 35.0 Å². The molecule has 1 heterocycles. The summed E-state index contributed by atoms with van der Waals surface area (Å²) in [6.07, 6.45) is 3.35. The third kappa shape index (κ3) is 6.48. The lowest BCUT2D eigenvalue weighted by atomic mass is 10.1. The number of hydrogen-bond donors (Lipinski definition) is 1. The van der Waals surface area contributed by atoms with Crippen LogP contribution in [-0.4, -0.2) is 33.0 Å². The molecule has 0 fully saturated rings. The van der Waals surface area contributed by atoms with Crippen molar-refractivity contribution >= 4 is 40.9 Å². The monoisotopic (exact) mass is 476 g/mol. The molecule has 0 aliphatic carbocycles. The molecule has 0 spiro atoms. The number of nitrogens with one attached hydrogen (secondary N) is 1. The van der Waals surface area contributed by atoms with Crippen molar-refractivity contribution in [3.8, 4) is 17.1 Å². The molecule has 0 aliphatic heterocycles. The molecule has 1 N–H and O–H groups in total. The first-order chi connectivity index (χ1) is 15.0. The quantitative estimate of drug-likeness (QED) is 0.274. The molecular weight excluding hydrogens is 451 g/mol. The highest BCUT2D eigenvalue weighted by molar-refractivity contribution is 7.99. The number of rotatable bonds is 10. The average molecular weight is 477 g/mol. The maximum Gasteiger partial charge on any atom is 0.220 e. The van der Waals surface area contributed by atoms with E-state index in [2.05, 4.69) is 22.4 Å². The molecule has 0 saturated heterocycles. The Bertz CT molecular complexity index is 1020. The van der Waals surface area contributed by atoms with Crippen molar-refractivity contribution in [3.63, 3.8) is 0 Å². The average Bonchev–Trinajstić information content (AvgIpc) is 3.18. The van der Waals surface area contributed by atoms with E-state index in [0.717, 1.165) is 53.8 Å². The van der Waals surface area contributed by atoms with Crippen LogP contribution in [0.4, 0.5) is 0 Å². The van der Waals surface area contributed by atoms with Gasteiger partial charge in [-0.2, -0.15) is 0 Å². The summed E-state index contributed by atoms with van der Waals surface area (Å²) in [5.41, 5.74) is 2.98. The van der Waals surface area contributed by atoms with Crippen LogP contribution in [0.2, 0.25) is 10.0 Å². The van der Waals surface area contributed by atoms with Crippen molar-refractivity contribution < 1.29 is 4.79 Å². The summed E-state index contributed by atoms with van der Waals surface area (Å²) in [5.74, 6) is 1.59. The summed E-state index contributed by atoms with van der Waals surface area (Å²) in [5, 5.41) is 13.5. The van der Waals surface area contributed by atoms with Gasteiger partial charge in [-0.15, -0.1) is 10.2 Å². The van der Waals surface area contributed by atoms with E-state index in [4.69, 9.17) is 23.2 Å². The maximum atomic E-state index is 11.9. The van der Waals surface area contributed by atoms with Gasteiger partial charge in [0, 0.05) is 24.3 Å². The molecular formula is C23H26Cl2N4OS. The number of thioether (sulfide) groups is 1. The fourth-order valence-corrected chi connectivity index (χ4v) is 4.18. The predicted octanol–water partition coefficient (Wildman–Crippen LogP) is 6.34. The molecule has 5 nitrogen and oxygen atoms in total. The van der Waals surface area contributed by atoms with E-state index in [1.807, 2.05) is 47.9 Å². The van der Waals surface area contributed by atoms with Crippen molar-refractivity contribution in [3.05, 3.63) is 58.1 Å². The standard InChI is InChI=1S/C23H26Cl2N4OS/c1-3-4-13-26-21(30)6-5-14-31-23-28-27-22(17-9-7-16(2)8-10-17)29(23)18-11-12-19(24)20(25)15-18/h7-12,15H,3-6,13-14H2,1-2H3,(H,26,30). The molecule has 1 amide bonds. The van der Waals surface area contributed by atoms with E-state index < -0.39 is 0 Å². The molecule has 0 radical (unpaired) electrons. The molecule has 164 valence electrons. The van der Waals surface area contributed by atoms with Gasteiger partial charge in [-0.05, 0) is 38.0 Å². The Morgan fingerprint density at radius 2 is 1.84 bits per heavy atom. The number of hydrogen-bond acceptors (Lipinski definition) is 4. The van der Waals surface area contributed by atoms with E-state index in [1.54, 1.807) is 17.8 Å². The molecule has 0 aliphatic rings. The van der Waals surface area contributed by atoms with Crippen LogP contribution in [0.1, 0.15) is 38.2 Å². The van der Waals surface area contributed by atoms with Gasteiger partial charge in [0.1, 0.15) is 0 Å². The van der Waals surface area contributed by atoms with Crippen LogP contribution in [0.25, 0.3) is 17.1 Å². The van der Waals surface area contributed by atoms with Crippen LogP contribution in [0.3, 0.4) is 0 Å². The zero-order valence-electron chi connectivity index (χ0n) is 17.7. The van der Waals surface area contributed by atoms with Crippen molar-refractivity contribution in [1.29, 1.82) is 0 Å². The number of aromatic nitrogens is 3. The van der Waals surface area contributed by atoms with Gasteiger partial charge >= 0.3 is 0 Å². The van der Waals surface area contributed by atoms with Crippen molar-refractivity contribution in [2.45, 2.75) is 44.7 Å². The number of aryl methyl sites for hydroxylation is 1. The van der Waals surface area contributed by atoms with Gasteiger partial charge in [-0.3, -0.25) is 9.36 Å². The summed E-state index contributed by atoms with van der Waals surface area (Å²) in [4.78, 5) is 11.9. The van der Waals surface area contributed by atoms with Gasteiger partial charge in [0.25, 0.3) is 0 Å². The molecule has 8 heteroatoms. The highest BCUT2D eigenvalue weighted by Gasteiger charge is 2.17. The molecule has 0 saturated carbocycles. The minimum atomic E-state index is 0.0975. The van der Waals surface area contributed by atoms with E-state index >= 15 is 0 Å². The molecule has 2 aromatic carbocycles. The SMILES string of the molecule is CCCCNC(=O)CCCSc1nnc(-c2ccc(C)cc2)n1-c1ccc(Cl)c(Cl)c1. The van der Waals surface area contributed by atoms with Crippen molar-refractivity contribution in [2.75, 3.05) is 12.3 Å². The molecule has 1 aromatic heterocycles. The Labute approximate surface area is 197 Å². The Balaban J connectivity index is 1.78. The second kappa shape index (κ2) is 11.6. The van der Waals surface area contributed by atoms with Crippen LogP contribution < -0.4 is 5.32 Å². The molecule has 0 unspecified atom stereocenters. The van der Waals surface area contributed by atoms with Crippen molar-refractivity contribution in [1.82, 2.24) is 20.1 Å². The van der Waals surface area contributed by atoms with Gasteiger partial charge in [0.05, 0.1) is 15.7 Å². The zero-order chi connectivity index (χ0) is 22.2. The van der Waals surface area contributed by atoms with E-state index in [1.165, 1.54) is 5.56 Å². The first kappa shape index (κ1) is 23.6. The lowest BCUT2D eigenvalue weighted by Crippen LogP contribution is -2.24. The summed E-state index contributed by atoms with van der Waals surface area (Å²) in [7, 11) is 0. The van der Waals surface area contributed by atoms with Crippen LogP contribution in [0.15, 0.2) is 47.6 Å². The van der Waals surface area contributed by atoms with Gasteiger partial charge in [0.15, 0.2) is 11.0 Å². The predicted molar refractivity (Wildman–Crippen MR) is 129 cm³/mol. The van der Waals surface area contributed by atoms with E-state index in [0.29, 0.717) is 16.5 Å². The van der Waals surface area contributed by atoms with E-state index in [9.17, 15) is 4.79 Å². The van der Waals surface area contributed by atoms with Crippen LogP contribution in [0.5, 0.6) is 0 Å². The Morgan fingerprint density at radius 3 is 2.55 bits per heavy atom. The number of nitrogens with zero attached hydrogens (tertiary/aromatic N) is 3. The van der Waals surface area contributed by atoms with Crippen LogP contribution in [0, 0.1) is 6.92 Å². The van der Waals surface area contributed by atoms with Gasteiger partial charge < -0.3 is 5.32 Å². The number of amides is 1. The molecule has 3 rings (SSSR count). The third-order valence-corrected chi connectivity index (χ3v) is 6.49. The molecule has 0 atom stereocenters. The molecule has 31 heavy (non-hydrogen) atoms. The molecule has 3 aromatic rings. The Morgan fingerprint density at radius 1 is 1.06 bits per heavy atom. The fraction of sp³-hybridized carbons (Fsp3) is 0.348. The van der Waals surface area contributed by atoms with E-state index in [-0.39, 0.29) is 5.91 Å². The molecule has 0 bridgehead atoms. The summed E-state index contributed by atoms with van der Waals surface area (Å²) in [6, 6.07) is 13.6. The smallest absolute Gasteiger partial charge is 0.220 e. The third-order valence-electron chi connectivity index (χ3n) is 4.74. The first-order valence-electron chi connectivity index (χ1n) is 10.4. The fourth-order valence-electron chi connectivity index (χ4n) is 3.00. The second-order valence-corrected chi connectivity index (χ2v) is 9.14. The lowest BCUT2D eigenvalue weighted by molar-refractivity contribution is -0.121. The topological polar surface area (TPSA) is 59.8 Å². The highest BCUT2D eigenvalue weighted by atomic mass is 35.5. The normalized spacial score (nSPS) is 11.0. The number of carbonyl (C=O) groups is 1. The summed E-state index contributed by atoms with van der Waals surface area (Å²) < 4.78 is 1.98. The first-order valence-corrected chi connectivity index (χ1v) is 12.1. The number of halogens is 2. The largest absolute Gasteiger partial charge is 0.356 e. The zero-order valence-corrected chi connectivity index (χ0v) is 20.0. The lowest BCUT2D eigenvalue weighted by Gasteiger charge is -2.11. The minimum absolute atomic E-state index is 0.0975. The second-order valence-electron chi connectivity index (χ2n) is 7.26.